The third-order valence-corrected chi connectivity index (χ3v) is 3.57. The number of rotatable bonds is 5. The van der Waals surface area contributed by atoms with Crippen LogP contribution in [0.5, 0.6) is 0 Å². The average Bonchev–Trinajstić information content (AvgIpc) is 2.81. The second kappa shape index (κ2) is 6.93. The summed E-state index contributed by atoms with van der Waals surface area (Å²) >= 11 is 12.0. The first-order valence-corrected chi connectivity index (χ1v) is 7.22. The van der Waals surface area contributed by atoms with Gasteiger partial charge in [-0.1, -0.05) is 34.4 Å². The van der Waals surface area contributed by atoms with E-state index in [1.165, 1.54) is 0 Å². The molecule has 7 heteroatoms. The summed E-state index contributed by atoms with van der Waals surface area (Å²) in [4.78, 5) is 11.8. The maximum Gasteiger partial charge on any atom is 0.280 e. The lowest BCUT2D eigenvalue weighted by Gasteiger charge is -2.12. The van der Waals surface area contributed by atoms with Gasteiger partial charge in [-0.05, 0) is 26.0 Å². The van der Waals surface area contributed by atoms with Crippen LogP contribution >= 0.6 is 23.2 Å². The number of nitrogens with one attached hydrogen (secondary N) is 1. The van der Waals surface area contributed by atoms with Crippen LogP contribution < -0.4 is 10.6 Å². The van der Waals surface area contributed by atoms with Crippen LogP contribution in [0, 0.1) is 6.92 Å². The Balaban J connectivity index is 1.88. The van der Waals surface area contributed by atoms with Gasteiger partial charge in [-0.25, -0.2) is 0 Å². The summed E-state index contributed by atoms with van der Waals surface area (Å²) in [6, 6.07) is 7.05. The maximum absolute atomic E-state index is 11.8. The van der Waals surface area contributed by atoms with E-state index in [2.05, 4.69) is 10.5 Å². The monoisotopic (exact) mass is 328 g/mol. The number of carbonyl (C=O) groups excluding carboxylic acids is 1. The predicted molar refractivity (Wildman–Crippen MR) is 81.5 cm³/mol. The largest absolute Gasteiger partial charge is 0.360 e. The fraction of sp³-hybridized carbons (Fsp3) is 0.286. The fourth-order valence-electron chi connectivity index (χ4n) is 1.90. The minimum absolute atomic E-state index is 0.0413. The molecule has 112 valence electrons. The van der Waals surface area contributed by atoms with Gasteiger partial charge < -0.3 is 15.2 Å². The molecule has 3 N–H and O–H groups in total. The zero-order valence-corrected chi connectivity index (χ0v) is 13.2. The number of anilines is 1. The molecule has 21 heavy (non-hydrogen) atoms. The van der Waals surface area contributed by atoms with E-state index in [4.69, 9.17) is 27.7 Å². The third-order valence-electron chi connectivity index (χ3n) is 3.01. The van der Waals surface area contributed by atoms with Crippen LogP contribution in [0.4, 0.5) is 5.82 Å². The topological polar surface area (TPSA) is 71.7 Å². The Kier molecular flexibility index (Phi) is 5.22. The van der Waals surface area contributed by atoms with Crippen molar-refractivity contribution in [2.24, 2.45) is 0 Å². The van der Waals surface area contributed by atoms with E-state index in [0.717, 1.165) is 5.56 Å². The van der Waals surface area contributed by atoms with E-state index in [-0.39, 0.29) is 18.5 Å². The molecule has 1 aromatic heterocycles. The van der Waals surface area contributed by atoms with Crippen LogP contribution in [-0.4, -0.2) is 17.6 Å². The van der Waals surface area contributed by atoms with Gasteiger partial charge in [-0.2, -0.15) is 0 Å². The smallest absolute Gasteiger partial charge is 0.280 e. The van der Waals surface area contributed by atoms with Gasteiger partial charge in [-0.3, -0.25) is 4.79 Å². The van der Waals surface area contributed by atoms with Gasteiger partial charge in [0.2, 0.25) is 0 Å². The molecule has 1 amide bonds. The molecule has 1 heterocycles. The predicted octanol–water partition coefficient (Wildman–Crippen LogP) is 2.55. The fourth-order valence-corrected chi connectivity index (χ4v) is 2.48. The number of amides is 1. The zero-order valence-electron chi connectivity index (χ0n) is 11.7. The third kappa shape index (κ3) is 4.46. The highest BCUT2D eigenvalue weighted by Gasteiger charge is 2.15. The number of halogens is 2. The van der Waals surface area contributed by atoms with E-state index >= 15 is 0 Å². The molecule has 0 fully saturated rings. The molecule has 0 aliphatic rings. The first kappa shape index (κ1) is 15.8. The lowest BCUT2D eigenvalue weighted by atomic mass is 10.1. The lowest BCUT2D eigenvalue weighted by molar-refractivity contribution is -0.682. The molecule has 0 saturated carbocycles. The van der Waals surface area contributed by atoms with Crippen molar-refractivity contribution in [3.63, 3.8) is 0 Å². The molecule has 1 aromatic carbocycles. The van der Waals surface area contributed by atoms with Crippen LogP contribution in [-0.2, 0) is 4.79 Å². The lowest BCUT2D eigenvalue weighted by Crippen LogP contribution is -2.86. The van der Waals surface area contributed by atoms with Crippen molar-refractivity contribution in [1.29, 1.82) is 0 Å². The van der Waals surface area contributed by atoms with E-state index in [1.54, 1.807) is 25.1 Å². The van der Waals surface area contributed by atoms with Crippen molar-refractivity contribution >= 4 is 34.9 Å². The Morgan fingerprint density at radius 2 is 2.19 bits per heavy atom. The van der Waals surface area contributed by atoms with Gasteiger partial charge in [0, 0.05) is 16.7 Å². The van der Waals surface area contributed by atoms with Crippen molar-refractivity contribution in [3.8, 4) is 0 Å². The first-order valence-electron chi connectivity index (χ1n) is 6.47. The number of carbonyl (C=O) groups is 1. The molecular weight excluding hydrogens is 313 g/mol. The quantitative estimate of drug-likeness (QED) is 0.885. The Labute approximate surface area is 132 Å². The Bertz CT molecular complexity index is 643. The van der Waals surface area contributed by atoms with Crippen LogP contribution in [0.3, 0.4) is 0 Å². The van der Waals surface area contributed by atoms with Crippen LogP contribution in [0.25, 0.3) is 0 Å². The molecule has 5 nitrogen and oxygen atoms in total. The first-order chi connectivity index (χ1) is 9.95. The molecule has 0 spiro atoms. The Morgan fingerprint density at radius 1 is 1.43 bits per heavy atom. The number of aromatic nitrogens is 1. The molecule has 2 rings (SSSR count). The highest BCUT2D eigenvalue weighted by Crippen LogP contribution is 2.24. The number of nitrogens with two attached hydrogens (primary N) is 1. The Hall–Kier alpha value is -1.56. The van der Waals surface area contributed by atoms with Crippen molar-refractivity contribution in [1.82, 2.24) is 5.16 Å². The summed E-state index contributed by atoms with van der Waals surface area (Å²) < 4.78 is 4.88. The number of aryl methyl sites for hydroxylation is 1. The van der Waals surface area contributed by atoms with Crippen molar-refractivity contribution in [2.75, 3.05) is 11.9 Å². The van der Waals surface area contributed by atoms with Gasteiger partial charge in [0.05, 0.1) is 5.02 Å². The highest BCUT2D eigenvalue weighted by molar-refractivity contribution is 6.35. The molecule has 0 radical (unpaired) electrons. The van der Waals surface area contributed by atoms with Crippen molar-refractivity contribution < 1.29 is 14.6 Å². The molecule has 0 unspecified atom stereocenters. The number of nitrogens with zero attached hydrogens (tertiary/aromatic N) is 1. The van der Waals surface area contributed by atoms with E-state index in [0.29, 0.717) is 21.6 Å². The van der Waals surface area contributed by atoms with Gasteiger partial charge in [-0.15, -0.1) is 0 Å². The van der Waals surface area contributed by atoms with Gasteiger partial charge in [0.25, 0.3) is 5.91 Å². The average molecular weight is 329 g/mol. The summed E-state index contributed by atoms with van der Waals surface area (Å²) in [5, 5.41) is 9.45. The number of hydrogen-bond donors (Lipinski definition) is 2. The number of quaternary nitrogens is 1. The summed E-state index contributed by atoms with van der Waals surface area (Å²) in [5.41, 5.74) is 0.936. The van der Waals surface area contributed by atoms with Crippen molar-refractivity contribution in [2.45, 2.75) is 19.9 Å². The second-order valence-electron chi connectivity index (χ2n) is 4.77. The second-order valence-corrected chi connectivity index (χ2v) is 5.61. The molecule has 0 aliphatic heterocycles. The summed E-state index contributed by atoms with van der Waals surface area (Å²) in [6.07, 6.45) is 0. The molecular formula is C14H16Cl2N3O2+. The minimum Gasteiger partial charge on any atom is -0.360 e. The van der Waals surface area contributed by atoms with Crippen molar-refractivity contribution in [3.05, 3.63) is 45.6 Å². The molecule has 0 saturated heterocycles. The molecule has 2 aromatic rings. The normalized spacial score (nSPS) is 12.2. The summed E-state index contributed by atoms with van der Waals surface area (Å²) in [5.74, 6) is 0.916. The molecule has 0 aliphatic carbocycles. The summed E-state index contributed by atoms with van der Waals surface area (Å²) in [7, 11) is 0. The van der Waals surface area contributed by atoms with E-state index in [9.17, 15) is 4.79 Å². The molecule has 1 atom stereocenters. The van der Waals surface area contributed by atoms with Gasteiger partial charge in [0.15, 0.2) is 12.4 Å². The molecule has 0 bridgehead atoms. The highest BCUT2D eigenvalue weighted by atomic mass is 35.5. The van der Waals surface area contributed by atoms with E-state index < -0.39 is 0 Å². The number of hydrogen-bond acceptors (Lipinski definition) is 3. The Morgan fingerprint density at radius 3 is 2.81 bits per heavy atom. The van der Waals surface area contributed by atoms with Gasteiger partial charge in [0.1, 0.15) is 11.8 Å². The summed E-state index contributed by atoms with van der Waals surface area (Å²) in [6.45, 7) is 3.99. The van der Waals surface area contributed by atoms with Crippen LogP contribution in [0.15, 0.2) is 28.8 Å². The standard InChI is InChI=1S/C14H15Cl2N3O2/c1-8-5-13(19-21-8)18-14(20)7-17-9(2)11-4-3-10(15)6-12(11)16/h3-6,9,17H,7H2,1-2H3,(H,18,19,20)/p+1/t9-/m0/s1. The maximum atomic E-state index is 11.8. The van der Waals surface area contributed by atoms with Crippen LogP contribution in [0.2, 0.25) is 10.0 Å². The minimum atomic E-state index is -0.153. The zero-order chi connectivity index (χ0) is 15.4. The SMILES string of the molecule is Cc1cc(NC(=O)C[NH2+][C@@H](C)c2ccc(Cl)cc2Cl)no1. The van der Waals surface area contributed by atoms with Crippen LogP contribution in [0.1, 0.15) is 24.3 Å². The van der Waals surface area contributed by atoms with Gasteiger partial charge >= 0.3 is 0 Å². The number of benzene rings is 1. The van der Waals surface area contributed by atoms with E-state index in [1.807, 2.05) is 18.3 Å².